The normalized spacial score (nSPS) is 14.7. The van der Waals surface area contributed by atoms with E-state index in [2.05, 4.69) is 22.3 Å². The largest absolute Gasteiger partial charge is 0.326 e. The van der Waals surface area contributed by atoms with Gasteiger partial charge in [-0.15, -0.1) is 0 Å². The third kappa shape index (κ3) is 4.43. The Morgan fingerprint density at radius 2 is 1.58 bits per heavy atom. The molecule has 4 nitrogen and oxygen atoms in total. The van der Waals surface area contributed by atoms with Crippen LogP contribution in [0.5, 0.6) is 0 Å². The lowest BCUT2D eigenvalue weighted by Crippen LogP contribution is -2.21. The first-order chi connectivity index (χ1) is 11.7. The molecule has 1 aliphatic heterocycles. The van der Waals surface area contributed by atoms with Crippen LogP contribution in [-0.4, -0.2) is 30.4 Å². The van der Waals surface area contributed by atoms with Crippen LogP contribution < -0.4 is 11.1 Å². The average molecular weight is 323 g/mol. The first kappa shape index (κ1) is 16.7. The number of hydrogen-bond acceptors (Lipinski definition) is 3. The lowest BCUT2D eigenvalue weighted by atomic mass is 10.1. The van der Waals surface area contributed by atoms with E-state index in [1.807, 2.05) is 36.4 Å². The first-order valence-electron chi connectivity index (χ1n) is 8.66. The highest BCUT2D eigenvalue weighted by molar-refractivity contribution is 6.04. The summed E-state index contributed by atoms with van der Waals surface area (Å²) in [5, 5.41) is 2.94. The number of anilines is 1. The number of amides is 1. The molecule has 1 saturated heterocycles. The molecule has 2 aromatic carbocycles. The molecule has 4 heteroatoms. The van der Waals surface area contributed by atoms with Crippen LogP contribution in [0.1, 0.15) is 34.3 Å². The van der Waals surface area contributed by atoms with E-state index in [0.29, 0.717) is 12.1 Å². The Kier molecular flexibility index (Phi) is 5.62. The van der Waals surface area contributed by atoms with E-state index in [-0.39, 0.29) is 5.91 Å². The molecule has 0 aromatic heterocycles. The maximum atomic E-state index is 12.2. The predicted molar refractivity (Wildman–Crippen MR) is 98.1 cm³/mol. The molecule has 0 saturated carbocycles. The maximum absolute atomic E-state index is 12.2. The Labute approximate surface area is 143 Å². The second kappa shape index (κ2) is 8.08. The fraction of sp³-hybridized carbons (Fsp3) is 0.350. The molecular weight excluding hydrogens is 298 g/mol. The van der Waals surface area contributed by atoms with Gasteiger partial charge in [-0.2, -0.15) is 0 Å². The van der Waals surface area contributed by atoms with Crippen molar-refractivity contribution in [3.8, 4) is 0 Å². The summed E-state index contributed by atoms with van der Waals surface area (Å²) in [6, 6.07) is 15.5. The molecule has 0 bridgehead atoms. The van der Waals surface area contributed by atoms with Crippen LogP contribution >= 0.6 is 0 Å². The van der Waals surface area contributed by atoms with Crippen LogP contribution in [0.4, 0.5) is 5.69 Å². The number of likely N-dealkylation sites (tertiary alicyclic amines) is 1. The Balaban J connectivity index is 1.53. The standard InChI is InChI=1S/C20H25N3O/c21-15-17-3-7-18(8-4-17)20(24)22-19-9-5-16(6-10-19)11-14-23-12-1-2-13-23/h3-10H,1-2,11-15,21H2,(H,22,24). The minimum Gasteiger partial charge on any atom is -0.326 e. The lowest BCUT2D eigenvalue weighted by molar-refractivity contribution is 0.102. The van der Waals surface area contributed by atoms with Gasteiger partial charge in [-0.3, -0.25) is 4.79 Å². The summed E-state index contributed by atoms with van der Waals surface area (Å²) in [6.45, 7) is 4.08. The van der Waals surface area contributed by atoms with Crippen molar-refractivity contribution < 1.29 is 4.79 Å². The summed E-state index contributed by atoms with van der Waals surface area (Å²) in [4.78, 5) is 14.8. The van der Waals surface area contributed by atoms with Gasteiger partial charge >= 0.3 is 0 Å². The highest BCUT2D eigenvalue weighted by Gasteiger charge is 2.11. The molecule has 1 fully saturated rings. The fourth-order valence-corrected chi connectivity index (χ4v) is 3.04. The number of nitrogens with zero attached hydrogens (tertiary/aromatic N) is 1. The number of rotatable bonds is 6. The van der Waals surface area contributed by atoms with Crippen LogP contribution in [0.2, 0.25) is 0 Å². The zero-order valence-corrected chi connectivity index (χ0v) is 14.0. The van der Waals surface area contributed by atoms with Gasteiger partial charge in [0, 0.05) is 24.3 Å². The van der Waals surface area contributed by atoms with Gasteiger partial charge in [-0.25, -0.2) is 0 Å². The zero-order valence-electron chi connectivity index (χ0n) is 14.0. The van der Waals surface area contributed by atoms with E-state index in [1.165, 1.54) is 31.5 Å². The van der Waals surface area contributed by atoms with Crippen LogP contribution in [0.3, 0.4) is 0 Å². The number of carbonyl (C=O) groups is 1. The molecule has 2 aromatic rings. The van der Waals surface area contributed by atoms with Gasteiger partial charge in [0.2, 0.25) is 0 Å². The molecule has 1 amide bonds. The number of benzene rings is 2. The third-order valence-electron chi connectivity index (χ3n) is 4.58. The molecule has 0 atom stereocenters. The van der Waals surface area contributed by atoms with Gasteiger partial charge < -0.3 is 16.0 Å². The molecule has 0 unspecified atom stereocenters. The van der Waals surface area contributed by atoms with Gasteiger partial charge in [-0.05, 0) is 67.7 Å². The number of hydrogen-bond donors (Lipinski definition) is 2. The quantitative estimate of drug-likeness (QED) is 0.859. The first-order valence-corrected chi connectivity index (χ1v) is 8.66. The van der Waals surface area contributed by atoms with E-state index in [4.69, 9.17) is 5.73 Å². The van der Waals surface area contributed by atoms with Gasteiger partial charge in [0.1, 0.15) is 0 Å². The SMILES string of the molecule is NCc1ccc(C(=O)Nc2ccc(CCN3CCCC3)cc2)cc1. The minimum absolute atomic E-state index is 0.0941. The molecule has 0 radical (unpaired) electrons. The number of nitrogens with two attached hydrogens (primary N) is 1. The predicted octanol–water partition coefficient (Wildman–Crippen LogP) is 3.04. The second-order valence-corrected chi connectivity index (χ2v) is 6.35. The van der Waals surface area contributed by atoms with Crippen molar-refractivity contribution in [2.24, 2.45) is 5.73 Å². The summed E-state index contributed by atoms with van der Waals surface area (Å²) >= 11 is 0. The molecule has 0 spiro atoms. The summed E-state index contributed by atoms with van der Waals surface area (Å²) in [5.74, 6) is -0.0941. The summed E-state index contributed by atoms with van der Waals surface area (Å²) in [5.41, 5.74) is 9.38. The van der Waals surface area contributed by atoms with Crippen molar-refractivity contribution in [3.05, 3.63) is 65.2 Å². The van der Waals surface area contributed by atoms with Crippen molar-refractivity contribution in [1.82, 2.24) is 4.90 Å². The highest BCUT2D eigenvalue weighted by Crippen LogP contribution is 2.14. The number of nitrogens with one attached hydrogen (secondary N) is 1. The second-order valence-electron chi connectivity index (χ2n) is 6.35. The molecule has 3 N–H and O–H groups in total. The summed E-state index contributed by atoms with van der Waals surface area (Å²) in [6.07, 6.45) is 3.73. The third-order valence-corrected chi connectivity index (χ3v) is 4.58. The summed E-state index contributed by atoms with van der Waals surface area (Å²) in [7, 11) is 0. The van der Waals surface area contributed by atoms with Crippen LogP contribution in [0, 0.1) is 0 Å². The van der Waals surface area contributed by atoms with E-state index in [1.54, 1.807) is 0 Å². The Hall–Kier alpha value is -2.17. The minimum atomic E-state index is -0.0941. The van der Waals surface area contributed by atoms with E-state index < -0.39 is 0 Å². The number of carbonyl (C=O) groups excluding carboxylic acids is 1. The highest BCUT2D eigenvalue weighted by atomic mass is 16.1. The van der Waals surface area contributed by atoms with Crippen molar-refractivity contribution in [2.75, 3.05) is 25.0 Å². The van der Waals surface area contributed by atoms with Gasteiger partial charge in [0.15, 0.2) is 0 Å². The van der Waals surface area contributed by atoms with Crippen LogP contribution in [0.15, 0.2) is 48.5 Å². The van der Waals surface area contributed by atoms with Crippen molar-refractivity contribution in [1.29, 1.82) is 0 Å². The molecule has 126 valence electrons. The molecule has 1 aliphatic rings. The monoisotopic (exact) mass is 323 g/mol. The molecule has 3 rings (SSSR count). The van der Waals surface area contributed by atoms with Crippen LogP contribution in [0.25, 0.3) is 0 Å². The topological polar surface area (TPSA) is 58.4 Å². The Bertz CT molecular complexity index is 658. The van der Waals surface area contributed by atoms with E-state index >= 15 is 0 Å². The molecule has 0 aliphatic carbocycles. The van der Waals surface area contributed by atoms with E-state index in [9.17, 15) is 4.79 Å². The van der Waals surface area contributed by atoms with Gasteiger partial charge in [0.25, 0.3) is 5.91 Å². The Morgan fingerprint density at radius 1 is 0.958 bits per heavy atom. The van der Waals surface area contributed by atoms with Gasteiger partial charge in [-0.1, -0.05) is 24.3 Å². The Morgan fingerprint density at radius 3 is 2.21 bits per heavy atom. The molecular formula is C20H25N3O. The van der Waals surface area contributed by atoms with Crippen molar-refractivity contribution in [2.45, 2.75) is 25.8 Å². The average Bonchev–Trinajstić information content (AvgIpc) is 3.15. The van der Waals surface area contributed by atoms with Crippen molar-refractivity contribution >= 4 is 11.6 Å². The van der Waals surface area contributed by atoms with E-state index in [0.717, 1.165) is 24.2 Å². The van der Waals surface area contributed by atoms with Crippen molar-refractivity contribution in [3.63, 3.8) is 0 Å². The lowest BCUT2D eigenvalue weighted by Gasteiger charge is -2.14. The van der Waals surface area contributed by atoms with Crippen LogP contribution in [-0.2, 0) is 13.0 Å². The fourth-order valence-electron chi connectivity index (χ4n) is 3.04. The maximum Gasteiger partial charge on any atom is 0.255 e. The molecule has 1 heterocycles. The molecule has 24 heavy (non-hydrogen) atoms. The zero-order chi connectivity index (χ0) is 16.8. The van der Waals surface area contributed by atoms with Gasteiger partial charge in [0.05, 0.1) is 0 Å². The smallest absolute Gasteiger partial charge is 0.255 e. The summed E-state index contributed by atoms with van der Waals surface area (Å²) < 4.78 is 0.